The van der Waals surface area contributed by atoms with Crippen LogP contribution in [0.25, 0.3) is 0 Å². The number of methoxy groups -OCH3 is 1. The number of carboxylic acid groups (broad SMARTS) is 1. The molecule has 0 saturated heterocycles. The van der Waals surface area contributed by atoms with Crippen LogP contribution in [-0.2, 0) is 16.1 Å². The van der Waals surface area contributed by atoms with E-state index in [1.807, 2.05) is 0 Å². The fraction of sp³-hybridized carbons (Fsp3) is 0.250. The molecule has 1 amide bonds. The van der Waals surface area contributed by atoms with Gasteiger partial charge in [-0.05, 0) is 29.8 Å². The minimum absolute atomic E-state index is 0.0985. The number of carbonyl (C=O) groups excluding carboxylic acids is 1. The molecule has 0 aliphatic heterocycles. The highest BCUT2D eigenvalue weighted by Crippen LogP contribution is 2.20. The van der Waals surface area contributed by atoms with Gasteiger partial charge < -0.3 is 19.6 Å². The van der Waals surface area contributed by atoms with E-state index in [4.69, 9.17) is 25.9 Å². The molecule has 0 bridgehead atoms. The molecule has 2 aromatic rings. The summed E-state index contributed by atoms with van der Waals surface area (Å²) in [6.45, 7) is 0.253. The lowest BCUT2D eigenvalue weighted by Crippen LogP contribution is -2.29. The topological polar surface area (TPSA) is 88.8 Å². The molecule has 1 aromatic carbocycles. The average molecular weight is 338 g/mol. The third-order valence-corrected chi connectivity index (χ3v) is 3.38. The van der Waals surface area contributed by atoms with Crippen LogP contribution in [0.1, 0.15) is 34.3 Å². The number of ether oxygens (including phenoxy) is 1. The van der Waals surface area contributed by atoms with Crippen molar-refractivity contribution in [2.24, 2.45) is 0 Å². The van der Waals surface area contributed by atoms with Gasteiger partial charge in [0.25, 0.3) is 5.91 Å². The van der Waals surface area contributed by atoms with Crippen LogP contribution in [0.15, 0.2) is 40.8 Å². The molecule has 0 aliphatic carbocycles. The van der Waals surface area contributed by atoms with Crippen LogP contribution in [0.2, 0.25) is 5.02 Å². The molecule has 0 spiro atoms. The van der Waals surface area contributed by atoms with Crippen LogP contribution in [0.3, 0.4) is 0 Å². The van der Waals surface area contributed by atoms with E-state index < -0.39 is 17.9 Å². The molecule has 122 valence electrons. The Balaban J connectivity index is 2.14. The van der Waals surface area contributed by atoms with E-state index in [-0.39, 0.29) is 18.8 Å². The summed E-state index contributed by atoms with van der Waals surface area (Å²) >= 11 is 5.83. The largest absolute Gasteiger partial charge is 0.481 e. The first-order valence-electron chi connectivity index (χ1n) is 6.85. The molecule has 7 heteroatoms. The molecule has 0 aliphatic rings. The van der Waals surface area contributed by atoms with Crippen LogP contribution < -0.4 is 5.32 Å². The lowest BCUT2D eigenvalue weighted by atomic mass is 10.0. The number of benzene rings is 1. The Morgan fingerprint density at radius 3 is 2.57 bits per heavy atom. The van der Waals surface area contributed by atoms with Crippen molar-refractivity contribution < 1.29 is 23.8 Å². The third-order valence-electron chi connectivity index (χ3n) is 3.13. The van der Waals surface area contributed by atoms with Crippen molar-refractivity contribution in [3.63, 3.8) is 0 Å². The van der Waals surface area contributed by atoms with E-state index >= 15 is 0 Å². The summed E-state index contributed by atoms with van der Waals surface area (Å²) in [7, 11) is 1.52. The van der Waals surface area contributed by atoms with Crippen molar-refractivity contribution in [2.45, 2.75) is 19.1 Å². The van der Waals surface area contributed by atoms with Crippen LogP contribution in [0.4, 0.5) is 0 Å². The molecule has 2 N–H and O–H groups in total. The first-order chi connectivity index (χ1) is 11.0. The summed E-state index contributed by atoms with van der Waals surface area (Å²) in [5.41, 5.74) is 0.647. The van der Waals surface area contributed by atoms with Gasteiger partial charge in [0.05, 0.1) is 12.5 Å². The zero-order valence-electron chi connectivity index (χ0n) is 12.4. The molecule has 1 aromatic heterocycles. The number of hydrogen-bond donors (Lipinski definition) is 2. The highest BCUT2D eigenvalue weighted by Gasteiger charge is 2.20. The van der Waals surface area contributed by atoms with E-state index in [9.17, 15) is 9.59 Å². The normalized spacial score (nSPS) is 11.9. The number of furan rings is 1. The third kappa shape index (κ3) is 4.84. The van der Waals surface area contributed by atoms with Gasteiger partial charge in [0.2, 0.25) is 0 Å². The Kier molecular flexibility index (Phi) is 5.78. The average Bonchev–Trinajstić information content (AvgIpc) is 2.96. The molecule has 6 nitrogen and oxygen atoms in total. The summed E-state index contributed by atoms with van der Waals surface area (Å²) in [6.07, 6.45) is -0.251. The fourth-order valence-electron chi connectivity index (χ4n) is 2.07. The fourth-order valence-corrected chi connectivity index (χ4v) is 2.20. The van der Waals surface area contributed by atoms with Crippen molar-refractivity contribution in [3.8, 4) is 0 Å². The van der Waals surface area contributed by atoms with Crippen molar-refractivity contribution in [2.75, 3.05) is 7.11 Å². The van der Waals surface area contributed by atoms with Gasteiger partial charge in [-0.15, -0.1) is 0 Å². The number of aliphatic carboxylic acids is 1. The van der Waals surface area contributed by atoms with E-state index in [2.05, 4.69) is 5.32 Å². The number of hydrogen-bond acceptors (Lipinski definition) is 4. The van der Waals surface area contributed by atoms with Crippen molar-refractivity contribution >= 4 is 23.5 Å². The highest BCUT2D eigenvalue weighted by atomic mass is 35.5. The van der Waals surface area contributed by atoms with Gasteiger partial charge in [-0.2, -0.15) is 0 Å². The van der Waals surface area contributed by atoms with Gasteiger partial charge in [0, 0.05) is 12.1 Å². The van der Waals surface area contributed by atoms with Gasteiger partial charge >= 0.3 is 5.97 Å². The van der Waals surface area contributed by atoms with Gasteiger partial charge in [0.1, 0.15) is 12.4 Å². The summed E-state index contributed by atoms with van der Waals surface area (Å²) in [5, 5.41) is 12.2. The standard InChI is InChI=1S/C16H16ClNO5/c1-22-9-12-6-7-14(23-12)16(21)18-13(8-15(19)20)10-2-4-11(17)5-3-10/h2-7,13H,8-9H2,1H3,(H,18,21)(H,19,20)/t13-/m0/s1. The Hall–Kier alpha value is -2.31. The SMILES string of the molecule is COCc1ccc(C(=O)N[C@@H](CC(=O)O)c2ccc(Cl)cc2)o1. The van der Waals surface area contributed by atoms with Crippen molar-refractivity contribution in [1.82, 2.24) is 5.32 Å². The number of nitrogens with one attached hydrogen (secondary N) is 1. The molecule has 2 rings (SSSR count). The molecular formula is C16H16ClNO5. The first kappa shape index (κ1) is 17.1. The van der Waals surface area contributed by atoms with E-state index in [1.54, 1.807) is 30.3 Å². The summed E-state index contributed by atoms with van der Waals surface area (Å²) < 4.78 is 10.3. The molecular weight excluding hydrogens is 322 g/mol. The van der Waals surface area contributed by atoms with Gasteiger partial charge in [0.15, 0.2) is 5.76 Å². The summed E-state index contributed by atoms with van der Waals surface area (Å²) in [6, 6.07) is 9.09. The maximum absolute atomic E-state index is 12.2. The predicted molar refractivity (Wildman–Crippen MR) is 83.3 cm³/mol. The number of amides is 1. The molecule has 1 atom stereocenters. The van der Waals surface area contributed by atoms with E-state index in [0.29, 0.717) is 16.3 Å². The minimum Gasteiger partial charge on any atom is -0.481 e. The second-order valence-corrected chi connectivity index (χ2v) is 5.31. The molecule has 0 radical (unpaired) electrons. The predicted octanol–water partition coefficient (Wildman–Crippen LogP) is 3.03. The summed E-state index contributed by atoms with van der Waals surface area (Å²) in [5.74, 6) is -0.904. The molecule has 0 saturated carbocycles. The second kappa shape index (κ2) is 7.80. The Morgan fingerprint density at radius 2 is 1.96 bits per heavy atom. The number of rotatable bonds is 7. The molecule has 23 heavy (non-hydrogen) atoms. The quantitative estimate of drug-likeness (QED) is 0.810. The molecule has 0 fully saturated rings. The Labute approximate surface area is 138 Å². The number of carbonyl (C=O) groups is 2. The first-order valence-corrected chi connectivity index (χ1v) is 7.23. The van der Waals surface area contributed by atoms with E-state index in [1.165, 1.54) is 13.2 Å². The van der Waals surface area contributed by atoms with Crippen molar-refractivity contribution in [1.29, 1.82) is 0 Å². The second-order valence-electron chi connectivity index (χ2n) is 4.87. The zero-order valence-corrected chi connectivity index (χ0v) is 13.2. The van der Waals surface area contributed by atoms with E-state index in [0.717, 1.165) is 0 Å². The van der Waals surface area contributed by atoms with Gasteiger partial charge in [-0.25, -0.2) is 0 Å². The molecule has 1 heterocycles. The van der Waals surface area contributed by atoms with Gasteiger partial charge in [-0.1, -0.05) is 23.7 Å². The smallest absolute Gasteiger partial charge is 0.305 e. The lowest BCUT2D eigenvalue weighted by Gasteiger charge is -2.16. The zero-order chi connectivity index (χ0) is 16.8. The van der Waals surface area contributed by atoms with Crippen molar-refractivity contribution in [3.05, 3.63) is 58.5 Å². The highest BCUT2D eigenvalue weighted by molar-refractivity contribution is 6.30. The van der Waals surface area contributed by atoms with Gasteiger partial charge in [-0.3, -0.25) is 9.59 Å². The van der Waals surface area contributed by atoms with Crippen LogP contribution in [0.5, 0.6) is 0 Å². The maximum Gasteiger partial charge on any atom is 0.305 e. The summed E-state index contributed by atoms with van der Waals surface area (Å²) in [4.78, 5) is 23.3. The van der Waals surface area contributed by atoms with Crippen LogP contribution in [0, 0.1) is 0 Å². The maximum atomic E-state index is 12.2. The Morgan fingerprint density at radius 1 is 1.26 bits per heavy atom. The van der Waals surface area contributed by atoms with Crippen LogP contribution >= 0.6 is 11.6 Å². The number of halogens is 1. The monoisotopic (exact) mass is 337 g/mol. The minimum atomic E-state index is -1.02. The lowest BCUT2D eigenvalue weighted by molar-refractivity contribution is -0.137. The Bertz CT molecular complexity index is 680. The van der Waals surface area contributed by atoms with Crippen LogP contribution in [-0.4, -0.2) is 24.1 Å². The molecule has 0 unspecified atom stereocenters. The number of carboxylic acids is 1.